The van der Waals surface area contributed by atoms with Crippen molar-refractivity contribution in [1.29, 1.82) is 0 Å². The van der Waals surface area contributed by atoms with Gasteiger partial charge in [0, 0.05) is 51.4 Å². The molecule has 0 aliphatic carbocycles. The monoisotopic (exact) mass is 282 g/mol. The largest absolute Gasteiger partial charge is 0.352 e. The lowest BCUT2D eigenvalue weighted by Gasteiger charge is -2.48. The Bertz CT molecular complexity index is 311. The second-order valence-electron chi connectivity index (χ2n) is 6.27. The van der Waals surface area contributed by atoms with Crippen molar-refractivity contribution in [2.45, 2.75) is 51.7 Å². The lowest BCUT2D eigenvalue weighted by atomic mass is 10.0. The van der Waals surface area contributed by atoms with Crippen molar-refractivity contribution >= 4 is 5.91 Å². The SMILES string of the molecule is CCCC(C)NC(=O)C(C)N1CC(N2CCNCC2)C1. The van der Waals surface area contributed by atoms with Crippen molar-refractivity contribution in [1.82, 2.24) is 20.4 Å². The first-order chi connectivity index (χ1) is 9.61. The van der Waals surface area contributed by atoms with E-state index in [1.807, 2.05) is 6.92 Å². The summed E-state index contributed by atoms with van der Waals surface area (Å²) >= 11 is 0. The van der Waals surface area contributed by atoms with Crippen molar-refractivity contribution < 1.29 is 4.79 Å². The Morgan fingerprint density at radius 1 is 1.30 bits per heavy atom. The van der Waals surface area contributed by atoms with Crippen LogP contribution in [0.4, 0.5) is 0 Å². The van der Waals surface area contributed by atoms with E-state index in [1.165, 1.54) is 0 Å². The Morgan fingerprint density at radius 3 is 2.55 bits per heavy atom. The van der Waals surface area contributed by atoms with Gasteiger partial charge in [-0.25, -0.2) is 0 Å². The van der Waals surface area contributed by atoms with Gasteiger partial charge in [0.2, 0.25) is 5.91 Å². The number of nitrogens with zero attached hydrogens (tertiary/aromatic N) is 2. The molecule has 2 saturated heterocycles. The number of amides is 1. The molecule has 1 amide bonds. The zero-order valence-corrected chi connectivity index (χ0v) is 13.2. The molecule has 0 aromatic heterocycles. The predicted octanol–water partition coefficient (Wildman–Crippen LogP) is 0.269. The molecule has 0 spiro atoms. The summed E-state index contributed by atoms with van der Waals surface area (Å²) in [7, 11) is 0. The summed E-state index contributed by atoms with van der Waals surface area (Å²) in [5, 5.41) is 6.50. The van der Waals surface area contributed by atoms with Crippen molar-refractivity contribution in [2.24, 2.45) is 0 Å². The van der Waals surface area contributed by atoms with E-state index in [4.69, 9.17) is 0 Å². The lowest BCUT2D eigenvalue weighted by molar-refractivity contribution is -0.129. The lowest BCUT2D eigenvalue weighted by Crippen LogP contribution is -2.66. The molecule has 0 aromatic rings. The van der Waals surface area contributed by atoms with Gasteiger partial charge in [-0.15, -0.1) is 0 Å². The van der Waals surface area contributed by atoms with Gasteiger partial charge >= 0.3 is 0 Å². The molecule has 0 radical (unpaired) electrons. The summed E-state index contributed by atoms with van der Waals surface area (Å²) < 4.78 is 0. The molecule has 2 aliphatic rings. The average molecular weight is 282 g/mol. The van der Waals surface area contributed by atoms with Gasteiger partial charge in [-0.2, -0.15) is 0 Å². The molecule has 5 nitrogen and oxygen atoms in total. The van der Waals surface area contributed by atoms with E-state index in [9.17, 15) is 4.79 Å². The molecule has 2 rings (SSSR count). The summed E-state index contributed by atoms with van der Waals surface area (Å²) in [5.74, 6) is 0.185. The Labute approximate surface area is 123 Å². The van der Waals surface area contributed by atoms with E-state index in [1.54, 1.807) is 0 Å². The topological polar surface area (TPSA) is 47.6 Å². The summed E-state index contributed by atoms with van der Waals surface area (Å²) in [4.78, 5) is 17.0. The van der Waals surface area contributed by atoms with Crippen molar-refractivity contribution in [3.05, 3.63) is 0 Å². The number of hydrogen-bond acceptors (Lipinski definition) is 4. The highest BCUT2D eigenvalue weighted by molar-refractivity contribution is 5.81. The van der Waals surface area contributed by atoms with Crippen molar-refractivity contribution in [3.8, 4) is 0 Å². The average Bonchev–Trinajstić information content (AvgIpc) is 2.38. The highest BCUT2D eigenvalue weighted by Crippen LogP contribution is 2.18. The molecular weight excluding hydrogens is 252 g/mol. The number of likely N-dealkylation sites (tertiary alicyclic amines) is 1. The van der Waals surface area contributed by atoms with Gasteiger partial charge in [-0.05, 0) is 20.3 Å². The minimum Gasteiger partial charge on any atom is -0.352 e. The molecule has 2 aliphatic heterocycles. The second-order valence-corrected chi connectivity index (χ2v) is 6.27. The highest BCUT2D eigenvalue weighted by atomic mass is 16.2. The number of piperazine rings is 1. The van der Waals surface area contributed by atoms with Crippen LogP contribution in [-0.4, -0.2) is 73.1 Å². The summed E-state index contributed by atoms with van der Waals surface area (Å²) in [6, 6.07) is 0.953. The zero-order valence-electron chi connectivity index (χ0n) is 13.2. The maximum atomic E-state index is 12.2. The quantitative estimate of drug-likeness (QED) is 0.734. The molecule has 2 N–H and O–H groups in total. The molecule has 2 atom stereocenters. The summed E-state index contributed by atoms with van der Waals surface area (Å²) in [6.45, 7) is 12.8. The first-order valence-electron chi connectivity index (χ1n) is 8.11. The van der Waals surface area contributed by atoms with Gasteiger partial charge in [-0.3, -0.25) is 14.6 Å². The van der Waals surface area contributed by atoms with Gasteiger partial charge in [0.15, 0.2) is 0 Å². The molecule has 116 valence electrons. The van der Waals surface area contributed by atoms with E-state index < -0.39 is 0 Å². The van der Waals surface area contributed by atoms with E-state index in [-0.39, 0.29) is 11.9 Å². The van der Waals surface area contributed by atoms with Crippen LogP contribution < -0.4 is 10.6 Å². The Hall–Kier alpha value is -0.650. The minimum absolute atomic E-state index is 0.00784. The van der Waals surface area contributed by atoms with E-state index in [0.717, 1.165) is 52.1 Å². The Morgan fingerprint density at radius 2 is 1.95 bits per heavy atom. The van der Waals surface area contributed by atoms with Crippen LogP contribution >= 0.6 is 0 Å². The van der Waals surface area contributed by atoms with Crippen molar-refractivity contribution in [2.75, 3.05) is 39.3 Å². The summed E-state index contributed by atoms with van der Waals surface area (Å²) in [5.41, 5.74) is 0. The van der Waals surface area contributed by atoms with Crippen LogP contribution in [0.1, 0.15) is 33.6 Å². The molecule has 0 bridgehead atoms. The maximum Gasteiger partial charge on any atom is 0.237 e. The first kappa shape index (κ1) is 15.7. The number of carbonyl (C=O) groups is 1. The van der Waals surface area contributed by atoms with Gasteiger partial charge in [-0.1, -0.05) is 13.3 Å². The van der Waals surface area contributed by atoms with Crippen LogP contribution in [0.25, 0.3) is 0 Å². The van der Waals surface area contributed by atoms with Crippen LogP contribution in [0.15, 0.2) is 0 Å². The fraction of sp³-hybridized carbons (Fsp3) is 0.933. The van der Waals surface area contributed by atoms with Crippen LogP contribution in [0, 0.1) is 0 Å². The number of carbonyl (C=O) groups excluding carboxylic acids is 1. The van der Waals surface area contributed by atoms with Gasteiger partial charge < -0.3 is 10.6 Å². The predicted molar refractivity (Wildman–Crippen MR) is 81.8 cm³/mol. The highest BCUT2D eigenvalue weighted by Gasteiger charge is 2.37. The molecule has 2 heterocycles. The Balaban J connectivity index is 1.69. The van der Waals surface area contributed by atoms with Gasteiger partial charge in [0.1, 0.15) is 0 Å². The molecule has 0 saturated carbocycles. The molecule has 5 heteroatoms. The molecule has 0 aromatic carbocycles. The maximum absolute atomic E-state index is 12.2. The summed E-state index contributed by atoms with van der Waals surface area (Å²) in [6.07, 6.45) is 2.17. The van der Waals surface area contributed by atoms with E-state index in [0.29, 0.717) is 12.1 Å². The van der Waals surface area contributed by atoms with E-state index >= 15 is 0 Å². The first-order valence-corrected chi connectivity index (χ1v) is 8.11. The fourth-order valence-corrected chi connectivity index (χ4v) is 3.12. The number of hydrogen-bond donors (Lipinski definition) is 2. The third kappa shape index (κ3) is 3.93. The number of rotatable bonds is 6. The smallest absolute Gasteiger partial charge is 0.237 e. The van der Waals surface area contributed by atoms with Gasteiger partial charge in [0.25, 0.3) is 0 Å². The third-order valence-corrected chi connectivity index (χ3v) is 4.60. The molecule has 2 fully saturated rings. The van der Waals surface area contributed by atoms with Crippen LogP contribution in [0.2, 0.25) is 0 Å². The van der Waals surface area contributed by atoms with Crippen LogP contribution in [0.5, 0.6) is 0 Å². The number of nitrogens with one attached hydrogen (secondary N) is 2. The van der Waals surface area contributed by atoms with E-state index in [2.05, 4.69) is 34.3 Å². The standard InChI is InChI=1S/C15H30N4O/c1-4-5-12(2)17-15(20)13(3)19-10-14(11-19)18-8-6-16-7-9-18/h12-14,16H,4-11H2,1-3H3,(H,17,20). The van der Waals surface area contributed by atoms with Crippen LogP contribution in [0.3, 0.4) is 0 Å². The van der Waals surface area contributed by atoms with Crippen LogP contribution in [-0.2, 0) is 4.79 Å². The molecule has 20 heavy (non-hydrogen) atoms. The molecule has 2 unspecified atom stereocenters. The Kier molecular flexibility index (Phi) is 5.81. The normalized spacial score (nSPS) is 24.9. The second kappa shape index (κ2) is 7.38. The zero-order chi connectivity index (χ0) is 14.5. The van der Waals surface area contributed by atoms with Gasteiger partial charge in [0.05, 0.1) is 6.04 Å². The molecular formula is C15H30N4O. The van der Waals surface area contributed by atoms with Crippen molar-refractivity contribution in [3.63, 3.8) is 0 Å². The third-order valence-electron chi connectivity index (χ3n) is 4.60. The fourth-order valence-electron chi connectivity index (χ4n) is 3.12. The minimum atomic E-state index is 0.00784.